The summed E-state index contributed by atoms with van der Waals surface area (Å²) in [5.41, 5.74) is 6.64. The quantitative estimate of drug-likeness (QED) is 0.402. The minimum atomic E-state index is 0. The molecule has 138 valence electrons. The number of nitrogens with zero attached hydrogens (tertiary/aromatic N) is 2. The highest BCUT2D eigenvalue weighted by molar-refractivity contribution is 14.0. The molecule has 1 aliphatic heterocycles. The van der Waals surface area contributed by atoms with Gasteiger partial charge in [-0.1, -0.05) is 24.3 Å². The van der Waals surface area contributed by atoms with Gasteiger partial charge in [0.1, 0.15) is 18.0 Å². The van der Waals surface area contributed by atoms with E-state index in [4.69, 9.17) is 10.5 Å². The number of rotatable bonds is 5. The van der Waals surface area contributed by atoms with Gasteiger partial charge >= 0.3 is 0 Å². The lowest BCUT2D eigenvalue weighted by Crippen LogP contribution is -2.31. The van der Waals surface area contributed by atoms with Gasteiger partial charge in [-0.05, 0) is 37.1 Å². The Morgan fingerprint density at radius 3 is 2.50 bits per heavy atom. The molecule has 1 saturated heterocycles. The number of carbonyl (C=O) groups excluding carboxylic acids is 1. The highest BCUT2D eigenvalue weighted by Crippen LogP contribution is 2.23. The molecule has 2 aromatic rings. The summed E-state index contributed by atoms with van der Waals surface area (Å²) in [6, 6.07) is 17.0. The van der Waals surface area contributed by atoms with Crippen molar-refractivity contribution in [2.75, 3.05) is 25.0 Å². The van der Waals surface area contributed by atoms with Crippen LogP contribution in [0.15, 0.2) is 59.6 Å². The van der Waals surface area contributed by atoms with Crippen LogP contribution in [0.2, 0.25) is 0 Å². The van der Waals surface area contributed by atoms with Crippen LogP contribution in [0.5, 0.6) is 11.5 Å². The zero-order chi connectivity index (χ0) is 17.5. The minimum absolute atomic E-state index is 0. The predicted molar refractivity (Wildman–Crippen MR) is 114 cm³/mol. The molecule has 1 amide bonds. The molecule has 1 aliphatic rings. The average Bonchev–Trinajstić information content (AvgIpc) is 3.16. The molecular formula is C19H23IN4O2. The van der Waals surface area contributed by atoms with Crippen molar-refractivity contribution < 1.29 is 9.53 Å². The number of ether oxygens (including phenoxy) is 1. The van der Waals surface area contributed by atoms with E-state index < -0.39 is 0 Å². The van der Waals surface area contributed by atoms with Crippen LogP contribution in [-0.4, -0.2) is 36.4 Å². The number of halogens is 1. The number of aliphatic imine (C=N–C) groups is 1. The second-order valence-electron chi connectivity index (χ2n) is 5.86. The second kappa shape index (κ2) is 10.0. The number of likely N-dealkylation sites (tertiary alicyclic amines) is 1. The molecule has 7 heteroatoms. The molecule has 0 saturated carbocycles. The summed E-state index contributed by atoms with van der Waals surface area (Å²) in [6.45, 7) is 1.71. The second-order valence-corrected chi connectivity index (χ2v) is 5.86. The zero-order valence-electron chi connectivity index (χ0n) is 14.4. The maximum atomic E-state index is 12.0. The summed E-state index contributed by atoms with van der Waals surface area (Å²) in [7, 11) is 0. The SMILES string of the molecule is I.NC(=NCC(=O)N1CCCC1)Nc1cccc(Oc2ccccc2)c1. The van der Waals surface area contributed by atoms with Crippen molar-refractivity contribution in [2.45, 2.75) is 12.8 Å². The fraction of sp³-hybridized carbons (Fsp3) is 0.263. The molecule has 0 spiro atoms. The largest absolute Gasteiger partial charge is 0.457 e. The molecule has 0 aliphatic carbocycles. The van der Waals surface area contributed by atoms with E-state index in [1.54, 1.807) is 0 Å². The number of anilines is 1. The van der Waals surface area contributed by atoms with E-state index in [0.29, 0.717) is 5.75 Å². The van der Waals surface area contributed by atoms with Crippen LogP contribution in [0.3, 0.4) is 0 Å². The maximum absolute atomic E-state index is 12.0. The van der Waals surface area contributed by atoms with Crippen LogP contribution >= 0.6 is 24.0 Å². The first-order valence-corrected chi connectivity index (χ1v) is 8.38. The third-order valence-corrected chi connectivity index (χ3v) is 3.93. The van der Waals surface area contributed by atoms with Crippen LogP contribution in [0, 0.1) is 0 Å². The summed E-state index contributed by atoms with van der Waals surface area (Å²) in [4.78, 5) is 17.9. The average molecular weight is 466 g/mol. The molecule has 6 nitrogen and oxygen atoms in total. The van der Waals surface area contributed by atoms with Crippen molar-refractivity contribution in [3.8, 4) is 11.5 Å². The Balaban J connectivity index is 0.00000243. The van der Waals surface area contributed by atoms with Crippen molar-refractivity contribution in [1.29, 1.82) is 0 Å². The minimum Gasteiger partial charge on any atom is -0.457 e. The highest BCUT2D eigenvalue weighted by Gasteiger charge is 2.17. The molecule has 2 aromatic carbocycles. The number of para-hydroxylation sites is 1. The van der Waals surface area contributed by atoms with Gasteiger partial charge in [0.25, 0.3) is 0 Å². The summed E-state index contributed by atoms with van der Waals surface area (Å²) in [5.74, 6) is 1.68. The Bertz CT molecular complexity index is 746. The number of amides is 1. The van der Waals surface area contributed by atoms with E-state index in [-0.39, 0.29) is 42.4 Å². The fourth-order valence-corrected chi connectivity index (χ4v) is 2.67. The number of hydrogen-bond donors (Lipinski definition) is 2. The fourth-order valence-electron chi connectivity index (χ4n) is 2.67. The van der Waals surface area contributed by atoms with E-state index in [0.717, 1.165) is 37.4 Å². The van der Waals surface area contributed by atoms with Crippen molar-refractivity contribution in [3.05, 3.63) is 54.6 Å². The molecule has 3 N–H and O–H groups in total. The Morgan fingerprint density at radius 2 is 1.77 bits per heavy atom. The van der Waals surface area contributed by atoms with Gasteiger partial charge in [-0.25, -0.2) is 4.99 Å². The number of nitrogens with one attached hydrogen (secondary N) is 1. The lowest BCUT2D eigenvalue weighted by molar-refractivity contribution is -0.128. The number of nitrogens with two attached hydrogens (primary N) is 1. The molecule has 0 unspecified atom stereocenters. The predicted octanol–water partition coefficient (Wildman–Crippen LogP) is 3.45. The van der Waals surface area contributed by atoms with Gasteiger partial charge in [0, 0.05) is 24.8 Å². The smallest absolute Gasteiger partial charge is 0.244 e. The Labute approximate surface area is 170 Å². The summed E-state index contributed by atoms with van der Waals surface area (Å²) >= 11 is 0. The van der Waals surface area contributed by atoms with Gasteiger partial charge in [-0.3, -0.25) is 4.79 Å². The lowest BCUT2D eigenvalue weighted by atomic mass is 10.3. The number of guanidine groups is 1. The van der Waals surface area contributed by atoms with Crippen molar-refractivity contribution >= 4 is 41.5 Å². The van der Waals surface area contributed by atoms with Crippen LogP contribution in [0.1, 0.15) is 12.8 Å². The number of carbonyl (C=O) groups is 1. The first-order valence-electron chi connectivity index (χ1n) is 8.38. The van der Waals surface area contributed by atoms with Crippen molar-refractivity contribution in [3.63, 3.8) is 0 Å². The maximum Gasteiger partial charge on any atom is 0.244 e. The molecule has 3 rings (SSSR count). The van der Waals surface area contributed by atoms with Crippen LogP contribution in [-0.2, 0) is 4.79 Å². The van der Waals surface area contributed by atoms with Gasteiger partial charge in [0.15, 0.2) is 5.96 Å². The molecule has 26 heavy (non-hydrogen) atoms. The Hall–Kier alpha value is -2.29. The van der Waals surface area contributed by atoms with Crippen LogP contribution in [0.4, 0.5) is 5.69 Å². The standard InChI is InChI=1S/C19H22N4O2.HI/c20-19(21-14-18(24)23-11-4-5-12-23)22-15-7-6-10-17(13-15)25-16-8-2-1-3-9-16;/h1-3,6-10,13H,4-5,11-12,14H2,(H3,20,21,22);1H. The van der Waals surface area contributed by atoms with Gasteiger partial charge in [-0.15, -0.1) is 24.0 Å². The molecule has 0 radical (unpaired) electrons. The molecule has 0 aromatic heterocycles. The van der Waals surface area contributed by atoms with E-state index in [1.807, 2.05) is 59.5 Å². The first-order chi connectivity index (χ1) is 12.2. The highest BCUT2D eigenvalue weighted by atomic mass is 127. The lowest BCUT2D eigenvalue weighted by Gasteiger charge is -2.13. The zero-order valence-corrected chi connectivity index (χ0v) is 16.8. The van der Waals surface area contributed by atoms with E-state index in [1.165, 1.54) is 0 Å². The molecule has 1 heterocycles. The van der Waals surface area contributed by atoms with Gasteiger partial charge in [-0.2, -0.15) is 0 Å². The van der Waals surface area contributed by atoms with E-state index in [2.05, 4.69) is 10.3 Å². The summed E-state index contributed by atoms with van der Waals surface area (Å²) < 4.78 is 5.78. The van der Waals surface area contributed by atoms with Gasteiger partial charge in [0.2, 0.25) is 5.91 Å². The third kappa shape index (κ3) is 5.91. The normalized spacial score (nSPS) is 13.8. The molecule has 1 fully saturated rings. The number of hydrogen-bond acceptors (Lipinski definition) is 3. The first kappa shape index (κ1) is 20.0. The Morgan fingerprint density at radius 1 is 1.08 bits per heavy atom. The summed E-state index contributed by atoms with van der Waals surface area (Å²) in [6.07, 6.45) is 2.13. The van der Waals surface area contributed by atoms with Gasteiger partial charge in [0.05, 0.1) is 0 Å². The number of benzene rings is 2. The van der Waals surface area contributed by atoms with Gasteiger partial charge < -0.3 is 20.7 Å². The van der Waals surface area contributed by atoms with E-state index in [9.17, 15) is 4.79 Å². The monoisotopic (exact) mass is 466 g/mol. The molecule has 0 atom stereocenters. The summed E-state index contributed by atoms with van der Waals surface area (Å²) in [5, 5.41) is 2.99. The van der Waals surface area contributed by atoms with Crippen molar-refractivity contribution in [1.82, 2.24) is 4.90 Å². The van der Waals surface area contributed by atoms with Crippen LogP contribution in [0.25, 0.3) is 0 Å². The molecule has 0 bridgehead atoms. The Kier molecular flexibility index (Phi) is 7.71. The third-order valence-electron chi connectivity index (χ3n) is 3.93. The van der Waals surface area contributed by atoms with E-state index >= 15 is 0 Å². The van der Waals surface area contributed by atoms with Crippen LogP contribution < -0.4 is 15.8 Å². The van der Waals surface area contributed by atoms with Crippen molar-refractivity contribution in [2.24, 2.45) is 10.7 Å². The topological polar surface area (TPSA) is 80.0 Å². The molecular weight excluding hydrogens is 443 g/mol.